The van der Waals surface area contributed by atoms with Gasteiger partial charge < -0.3 is 10.2 Å². The van der Waals surface area contributed by atoms with E-state index in [9.17, 15) is 4.79 Å². The van der Waals surface area contributed by atoms with Gasteiger partial charge in [0.15, 0.2) is 0 Å². The van der Waals surface area contributed by atoms with Crippen molar-refractivity contribution in [1.29, 1.82) is 0 Å². The van der Waals surface area contributed by atoms with Crippen molar-refractivity contribution in [3.63, 3.8) is 0 Å². The first kappa shape index (κ1) is 13.2. The summed E-state index contributed by atoms with van der Waals surface area (Å²) >= 11 is 1.74. The molecule has 0 radical (unpaired) electrons. The van der Waals surface area contributed by atoms with Gasteiger partial charge in [0.25, 0.3) is 0 Å². The number of thiophene rings is 1. The Kier molecular flexibility index (Phi) is 6.11. The molecule has 4 heteroatoms. The van der Waals surface area contributed by atoms with Crippen molar-refractivity contribution >= 4 is 17.2 Å². The zero-order chi connectivity index (χ0) is 11.8. The Labute approximate surface area is 101 Å². The van der Waals surface area contributed by atoms with Crippen molar-refractivity contribution < 1.29 is 4.79 Å². The Balaban J connectivity index is 2.18. The van der Waals surface area contributed by atoms with E-state index in [0.29, 0.717) is 6.54 Å². The SMILES string of the molecule is CCCNCC(=O)N(C)CCc1cccs1. The van der Waals surface area contributed by atoms with Crippen LogP contribution in [0, 0.1) is 0 Å². The molecule has 0 aliphatic heterocycles. The van der Waals surface area contributed by atoms with Crippen LogP contribution in [0.5, 0.6) is 0 Å². The van der Waals surface area contributed by atoms with Crippen LogP contribution in [0.2, 0.25) is 0 Å². The van der Waals surface area contributed by atoms with Gasteiger partial charge in [0, 0.05) is 18.5 Å². The number of nitrogens with one attached hydrogen (secondary N) is 1. The van der Waals surface area contributed by atoms with Gasteiger partial charge in [-0.2, -0.15) is 0 Å². The van der Waals surface area contributed by atoms with E-state index in [4.69, 9.17) is 0 Å². The number of likely N-dealkylation sites (N-methyl/N-ethyl adjacent to an activating group) is 1. The Bertz CT molecular complexity index is 298. The Hall–Kier alpha value is -0.870. The van der Waals surface area contributed by atoms with Crippen LogP contribution in [0.3, 0.4) is 0 Å². The highest BCUT2D eigenvalue weighted by Gasteiger charge is 2.07. The summed E-state index contributed by atoms with van der Waals surface area (Å²) in [6.07, 6.45) is 2.01. The lowest BCUT2D eigenvalue weighted by atomic mass is 10.3. The zero-order valence-corrected chi connectivity index (χ0v) is 10.8. The molecule has 16 heavy (non-hydrogen) atoms. The summed E-state index contributed by atoms with van der Waals surface area (Å²) in [5, 5.41) is 5.19. The summed E-state index contributed by atoms with van der Waals surface area (Å²) in [7, 11) is 1.86. The molecule has 1 rings (SSSR count). The van der Waals surface area contributed by atoms with E-state index >= 15 is 0 Å². The first-order valence-corrected chi connectivity index (χ1v) is 6.59. The summed E-state index contributed by atoms with van der Waals surface area (Å²) in [4.78, 5) is 14.8. The molecule has 1 aromatic rings. The van der Waals surface area contributed by atoms with Crippen LogP contribution in [-0.4, -0.2) is 37.5 Å². The van der Waals surface area contributed by atoms with Crippen LogP contribution < -0.4 is 5.32 Å². The van der Waals surface area contributed by atoms with Gasteiger partial charge in [0.1, 0.15) is 0 Å². The summed E-state index contributed by atoms with van der Waals surface area (Å²) in [5.74, 6) is 0.171. The minimum absolute atomic E-state index is 0.171. The predicted octanol–water partition coefficient (Wildman–Crippen LogP) is 1.75. The maximum absolute atomic E-state index is 11.6. The molecule has 3 nitrogen and oxygen atoms in total. The molecule has 0 unspecified atom stereocenters. The number of hydrogen-bond acceptors (Lipinski definition) is 3. The van der Waals surface area contributed by atoms with Crippen LogP contribution in [0.4, 0.5) is 0 Å². The van der Waals surface area contributed by atoms with E-state index in [0.717, 1.165) is 25.9 Å². The average molecular weight is 240 g/mol. The summed E-state index contributed by atoms with van der Waals surface area (Å²) in [6, 6.07) is 4.16. The number of amides is 1. The third-order valence-electron chi connectivity index (χ3n) is 2.40. The van der Waals surface area contributed by atoms with E-state index in [2.05, 4.69) is 23.7 Å². The minimum atomic E-state index is 0.171. The Morgan fingerprint density at radius 1 is 1.56 bits per heavy atom. The van der Waals surface area contributed by atoms with Crippen molar-refractivity contribution in [2.45, 2.75) is 19.8 Å². The molecule has 0 aromatic carbocycles. The number of rotatable bonds is 7. The monoisotopic (exact) mass is 240 g/mol. The lowest BCUT2D eigenvalue weighted by Crippen LogP contribution is -2.36. The molecule has 0 spiro atoms. The van der Waals surface area contributed by atoms with Gasteiger partial charge >= 0.3 is 0 Å². The van der Waals surface area contributed by atoms with Crippen LogP contribution >= 0.6 is 11.3 Å². The maximum Gasteiger partial charge on any atom is 0.236 e. The van der Waals surface area contributed by atoms with Gasteiger partial charge in [0.05, 0.1) is 6.54 Å². The Morgan fingerprint density at radius 2 is 2.38 bits per heavy atom. The summed E-state index contributed by atoms with van der Waals surface area (Å²) in [6.45, 7) is 4.25. The third kappa shape index (κ3) is 4.77. The molecule has 1 N–H and O–H groups in total. The quantitative estimate of drug-likeness (QED) is 0.736. The van der Waals surface area contributed by atoms with Gasteiger partial charge in [-0.1, -0.05) is 13.0 Å². The zero-order valence-electron chi connectivity index (χ0n) is 10.0. The van der Waals surface area contributed by atoms with E-state index in [1.807, 2.05) is 13.1 Å². The highest BCUT2D eigenvalue weighted by Crippen LogP contribution is 2.09. The third-order valence-corrected chi connectivity index (χ3v) is 3.34. The molecule has 0 aliphatic carbocycles. The van der Waals surface area contributed by atoms with Crippen LogP contribution in [-0.2, 0) is 11.2 Å². The normalized spacial score (nSPS) is 10.4. The van der Waals surface area contributed by atoms with E-state index in [-0.39, 0.29) is 5.91 Å². The first-order valence-electron chi connectivity index (χ1n) is 5.71. The minimum Gasteiger partial charge on any atom is -0.344 e. The second kappa shape index (κ2) is 7.41. The molecule has 1 heterocycles. The second-order valence-electron chi connectivity index (χ2n) is 3.82. The van der Waals surface area contributed by atoms with Gasteiger partial charge in [-0.05, 0) is 30.8 Å². The highest BCUT2D eigenvalue weighted by molar-refractivity contribution is 7.09. The molecular weight excluding hydrogens is 220 g/mol. The van der Waals surface area contributed by atoms with Crippen molar-refractivity contribution in [3.05, 3.63) is 22.4 Å². The summed E-state index contributed by atoms with van der Waals surface area (Å²) < 4.78 is 0. The fourth-order valence-corrected chi connectivity index (χ4v) is 2.06. The number of hydrogen-bond donors (Lipinski definition) is 1. The lowest BCUT2D eigenvalue weighted by molar-refractivity contribution is -0.128. The van der Waals surface area contributed by atoms with E-state index in [1.54, 1.807) is 16.2 Å². The van der Waals surface area contributed by atoms with Gasteiger partial charge in [-0.25, -0.2) is 0 Å². The molecule has 90 valence electrons. The standard InChI is InChI=1S/C12H20N2OS/c1-3-7-13-10-12(15)14(2)8-6-11-5-4-9-16-11/h4-5,9,13H,3,6-8,10H2,1-2H3. The molecule has 0 bridgehead atoms. The van der Waals surface area contributed by atoms with Crippen molar-refractivity contribution in [3.8, 4) is 0 Å². The highest BCUT2D eigenvalue weighted by atomic mass is 32.1. The van der Waals surface area contributed by atoms with Crippen LogP contribution in [0.1, 0.15) is 18.2 Å². The number of carbonyl (C=O) groups excluding carboxylic acids is 1. The van der Waals surface area contributed by atoms with Gasteiger partial charge in [-0.3, -0.25) is 4.79 Å². The smallest absolute Gasteiger partial charge is 0.236 e. The fourth-order valence-electron chi connectivity index (χ4n) is 1.36. The molecular formula is C12H20N2OS. The average Bonchev–Trinajstić information content (AvgIpc) is 2.79. The van der Waals surface area contributed by atoms with Crippen LogP contribution in [0.15, 0.2) is 17.5 Å². The molecule has 0 aliphatic rings. The number of carbonyl (C=O) groups is 1. The molecule has 0 saturated carbocycles. The van der Waals surface area contributed by atoms with Crippen molar-refractivity contribution in [2.24, 2.45) is 0 Å². The van der Waals surface area contributed by atoms with Gasteiger partial charge in [-0.15, -0.1) is 11.3 Å². The molecule has 0 fully saturated rings. The van der Waals surface area contributed by atoms with Crippen molar-refractivity contribution in [1.82, 2.24) is 10.2 Å². The topological polar surface area (TPSA) is 32.3 Å². The van der Waals surface area contributed by atoms with E-state index in [1.165, 1.54) is 4.88 Å². The molecule has 0 atom stereocenters. The van der Waals surface area contributed by atoms with E-state index < -0.39 is 0 Å². The van der Waals surface area contributed by atoms with Crippen molar-refractivity contribution in [2.75, 3.05) is 26.7 Å². The fraction of sp³-hybridized carbons (Fsp3) is 0.583. The largest absolute Gasteiger partial charge is 0.344 e. The number of nitrogens with zero attached hydrogens (tertiary/aromatic N) is 1. The summed E-state index contributed by atoms with van der Waals surface area (Å²) in [5.41, 5.74) is 0. The Morgan fingerprint density at radius 3 is 3.00 bits per heavy atom. The lowest BCUT2D eigenvalue weighted by Gasteiger charge is -2.16. The van der Waals surface area contributed by atoms with Gasteiger partial charge in [0.2, 0.25) is 5.91 Å². The first-order chi connectivity index (χ1) is 7.74. The molecule has 1 amide bonds. The maximum atomic E-state index is 11.6. The molecule has 0 saturated heterocycles. The molecule has 1 aromatic heterocycles. The van der Waals surface area contributed by atoms with Crippen LogP contribution in [0.25, 0.3) is 0 Å². The second-order valence-corrected chi connectivity index (χ2v) is 4.85. The predicted molar refractivity (Wildman–Crippen MR) is 68.8 cm³/mol.